The van der Waals surface area contributed by atoms with Crippen molar-refractivity contribution in [3.63, 3.8) is 0 Å². The van der Waals surface area contributed by atoms with Crippen LogP contribution in [0.3, 0.4) is 0 Å². The largest absolute Gasteiger partial charge is 0.451 e. The second-order valence-electron chi connectivity index (χ2n) is 8.86. The zero-order chi connectivity index (χ0) is 26.7. The highest BCUT2D eigenvalue weighted by Crippen LogP contribution is 2.26. The van der Waals surface area contributed by atoms with E-state index < -0.39 is 17.9 Å². The fourth-order valence-corrected chi connectivity index (χ4v) is 4.59. The van der Waals surface area contributed by atoms with Gasteiger partial charge >= 0.3 is 6.18 Å². The number of aromatic amines is 1. The van der Waals surface area contributed by atoms with Gasteiger partial charge in [-0.3, -0.25) is 14.4 Å². The molecule has 1 atom stereocenters. The molecule has 0 bridgehead atoms. The first kappa shape index (κ1) is 25.3. The van der Waals surface area contributed by atoms with E-state index in [4.69, 9.17) is 0 Å². The number of piperazine rings is 1. The third-order valence-electron chi connectivity index (χ3n) is 6.49. The SMILES string of the molecule is N#CCC[C@@H](Cn1cc(-c2ncnc3[nH]ccc23)cn1)N1CCN(C(=O)c2ccnc(C(F)(F)F)n2)CC1. The number of nitrogens with one attached hydrogen (secondary N) is 1. The van der Waals surface area contributed by atoms with Gasteiger partial charge < -0.3 is 9.88 Å². The molecule has 11 nitrogen and oxygen atoms in total. The van der Waals surface area contributed by atoms with Crippen LogP contribution in [0.4, 0.5) is 13.2 Å². The van der Waals surface area contributed by atoms with E-state index >= 15 is 0 Å². The summed E-state index contributed by atoms with van der Waals surface area (Å²) in [5.41, 5.74) is 2.06. The van der Waals surface area contributed by atoms with Gasteiger partial charge in [0, 0.05) is 68.2 Å². The molecule has 1 aliphatic rings. The first-order valence-corrected chi connectivity index (χ1v) is 11.9. The van der Waals surface area contributed by atoms with Gasteiger partial charge in [0.15, 0.2) is 0 Å². The Morgan fingerprint density at radius 3 is 2.74 bits per heavy atom. The van der Waals surface area contributed by atoms with Gasteiger partial charge in [0.1, 0.15) is 17.7 Å². The summed E-state index contributed by atoms with van der Waals surface area (Å²) in [6.45, 7) is 2.18. The van der Waals surface area contributed by atoms with Crippen molar-refractivity contribution in [3.8, 4) is 17.3 Å². The minimum atomic E-state index is -4.73. The van der Waals surface area contributed by atoms with Crippen LogP contribution < -0.4 is 0 Å². The molecule has 38 heavy (non-hydrogen) atoms. The number of amides is 1. The van der Waals surface area contributed by atoms with Crippen LogP contribution in [0.2, 0.25) is 0 Å². The minimum absolute atomic E-state index is 0.0202. The molecule has 1 aliphatic heterocycles. The monoisotopic (exact) mass is 524 g/mol. The lowest BCUT2D eigenvalue weighted by molar-refractivity contribution is -0.145. The highest BCUT2D eigenvalue weighted by atomic mass is 19.4. The molecule has 4 aromatic rings. The van der Waals surface area contributed by atoms with E-state index in [1.807, 2.05) is 16.9 Å². The fraction of sp³-hybridized carbons (Fsp3) is 0.375. The number of aromatic nitrogens is 7. The lowest BCUT2D eigenvalue weighted by Gasteiger charge is -2.39. The summed E-state index contributed by atoms with van der Waals surface area (Å²) >= 11 is 0. The summed E-state index contributed by atoms with van der Waals surface area (Å²) in [6, 6.07) is 5.26. The summed E-state index contributed by atoms with van der Waals surface area (Å²) < 4.78 is 40.7. The highest BCUT2D eigenvalue weighted by Gasteiger charge is 2.36. The Hall–Kier alpha value is -4.38. The lowest BCUT2D eigenvalue weighted by Crippen LogP contribution is -2.53. The first-order chi connectivity index (χ1) is 18.3. The van der Waals surface area contributed by atoms with Gasteiger partial charge in [0.2, 0.25) is 5.82 Å². The number of nitriles is 1. The number of alkyl halides is 3. The summed E-state index contributed by atoms with van der Waals surface area (Å²) in [6.07, 6.45) is 4.12. The molecule has 1 N–H and O–H groups in total. The van der Waals surface area contributed by atoms with Gasteiger partial charge in [0.25, 0.3) is 5.91 Å². The van der Waals surface area contributed by atoms with E-state index in [-0.39, 0.29) is 11.7 Å². The quantitative estimate of drug-likeness (QED) is 0.390. The maximum Gasteiger partial charge on any atom is 0.451 e. The van der Waals surface area contributed by atoms with Crippen molar-refractivity contribution >= 4 is 16.9 Å². The second kappa shape index (κ2) is 10.5. The van der Waals surface area contributed by atoms with Crippen LogP contribution in [0.15, 0.2) is 43.2 Å². The third-order valence-corrected chi connectivity index (χ3v) is 6.49. The summed E-state index contributed by atoms with van der Waals surface area (Å²) in [5, 5.41) is 14.6. The Balaban J connectivity index is 1.25. The maximum absolute atomic E-state index is 13.0. The predicted octanol–water partition coefficient (Wildman–Crippen LogP) is 2.76. The summed E-state index contributed by atoms with van der Waals surface area (Å²) in [4.78, 5) is 34.8. The van der Waals surface area contributed by atoms with E-state index in [1.165, 1.54) is 17.3 Å². The molecule has 0 saturated carbocycles. The zero-order valence-electron chi connectivity index (χ0n) is 20.1. The van der Waals surface area contributed by atoms with E-state index in [2.05, 4.69) is 41.0 Å². The summed E-state index contributed by atoms with van der Waals surface area (Å²) in [7, 11) is 0. The number of halogens is 3. The second-order valence-corrected chi connectivity index (χ2v) is 8.86. The van der Waals surface area contributed by atoms with Crippen LogP contribution in [0.25, 0.3) is 22.3 Å². The Labute approximate surface area is 215 Å². The number of fused-ring (bicyclic) bond motifs is 1. The molecule has 5 heterocycles. The van der Waals surface area contributed by atoms with Gasteiger partial charge in [-0.2, -0.15) is 23.5 Å². The van der Waals surface area contributed by atoms with Crippen LogP contribution >= 0.6 is 0 Å². The van der Waals surface area contributed by atoms with Crippen molar-refractivity contribution in [2.45, 2.75) is 31.6 Å². The molecule has 1 saturated heterocycles. The molecule has 0 unspecified atom stereocenters. The van der Waals surface area contributed by atoms with Gasteiger partial charge in [0.05, 0.1) is 24.5 Å². The number of carbonyl (C=O) groups excluding carboxylic acids is 1. The summed E-state index contributed by atoms with van der Waals surface area (Å²) in [5.74, 6) is -1.90. The maximum atomic E-state index is 13.0. The molecule has 0 aliphatic carbocycles. The van der Waals surface area contributed by atoms with Crippen molar-refractivity contribution in [1.82, 2.24) is 44.5 Å². The highest BCUT2D eigenvalue weighted by molar-refractivity contribution is 5.92. The molecule has 1 amide bonds. The lowest BCUT2D eigenvalue weighted by atomic mass is 10.1. The fourth-order valence-electron chi connectivity index (χ4n) is 4.59. The Kier molecular flexibility index (Phi) is 7.01. The standard InChI is InChI=1S/C24H23F3N10O/c25-24(26,27)23-30-7-4-19(34-23)22(38)36-10-8-35(9-11-36)17(2-1-5-28)14-37-13-16(12-33-37)20-18-3-6-29-21(18)32-15-31-20/h3-4,6-7,12-13,15,17H,1-2,8-11,14H2,(H,29,31,32)/t17-/m0/s1. The van der Waals surface area contributed by atoms with E-state index in [9.17, 15) is 23.2 Å². The number of hydrogen-bond acceptors (Lipinski definition) is 8. The molecule has 196 valence electrons. The molecule has 14 heteroatoms. The van der Waals surface area contributed by atoms with Gasteiger partial charge in [-0.25, -0.2) is 19.9 Å². The molecule has 0 spiro atoms. The van der Waals surface area contributed by atoms with Crippen molar-refractivity contribution in [2.75, 3.05) is 26.2 Å². The van der Waals surface area contributed by atoms with E-state index in [1.54, 1.807) is 12.4 Å². The average Bonchev–Trinajstić information content (AvgIpc) is 3.60. The van der Waals surface area contributed by atoms with Crippen LogP contribution in [0.5, 0.6) is 0 Å². The Morgan fingerprint density at radius 1 is 1.16 bits per heavy atom. The predicted molar refractivity (Wildman–Crippen MR) is 128 cm³/mol. The Bertz CT molecular complexity index is 1470. The van der Waals surface area contributed by atoms with Crippen molar-refractivity contribution in [3.05, 3.63) is 54.8 Å². The smallest absolute Gasteiger partial charge is 0.346 e. The number of nitrogens with zero attached hydrogens (tertiary/aromatic N) is 9. The van der Waals surface area contributed by atoms with Crippen LogP contribution in [0.1, 0.15) is 29.2 Å². The first-order valence-electron chi connectivity index (χ1n) is 11.9. The van der Waals surface area contributed by atoms with Crippen LogP contribution in [-0.4, -0.2) is 82.6 Å². The van der Waals surface area contributed by atoms with Crippen molar-refractivity contribution in [2.24, 2.45) is 0 Å². The number of rotatable bonds is 7. The number of carbonyl (C=O) groups is 1. The number of hydrogen-bond donors (Lipinski definition) is 1. The topological polar surface area (TPSA) is 133 Å². The third kappa shape index (κ3) is 5.32. The number of H-pyrrole nitrogens is 1. The van der Waals surface area contributed by atoms with E-state index in [0.717, 1.165) is 28.5 Å². The van der Waals surface area contributed by atoms with Gasteiger partial charge in [-0.1, -0.05) is 0 Å². The minimum Gasteiger partial charge on any atom is -0.346 e. The molecular weight excluding hydrogens is 501 g/mol. The molecule has 0 radical (unpaired) electrons. The normalized spacial score (nSPS) is 15.5. The van der Waals surface area contributed by atoms with Crippen LogP contribution in [-0.2, 0) is 12.7 Å². The average molecular weight is 525 g/mol. The van der Waals surface area contributed by atoms with Crippen LogP contribution in [0, 0.1) is 11.3 Å². The molecule has 0 aromatic carbocycles. The van der Waals surface area contributed by atoms with E-state index in [0.29, 0.717) is 45.6 Å². The molecule has 4 aromatic heterocycles. The van der Waals surface area contributed by atoms with Gasteiger partial charge in [-0.05, 0) is 18.6 Å². The van der Waals surface area contributed by atoms with Crippen molar-refractivity contribution in [1.29, 1.82) is 5.26 Å². The van der Waals surface area contributed by atoms with Gasteiger partial charge in [-0.15, -0.1) is 0 Å². The molecule has 5 rings (SSSR count). The zero-order valence-corrected chi connectivity index (χ0v) is 20.1. The molecular formula is C24H23F3N10O. The Morgan fingerprint density at radius 2 is 1.97 bits per heavy atom. The molecule has 1 fully saturated rings. The van der Waals surface area contributed by atoms with Crippen molar-refractivity contribution < 1.29 is 18.0 Å².